The van der Waals surface area contributed by atoms with Crippen LogP contribution in [0.25, 0.3) is 6.08 Å². The van der Waals surface area contributed by atoms with E-state index in [0.717, 1.165) is 5.56 Å². The predicted molar refractivity (Wildman–Crippen MR) is 79.7 cm³/mol. The zero-order chi connectivity index (χ0) is 14.4. The summed E-state index contributed by atoms with van der Waals surface area (Å²) in [6, 6.07) is 16.0. The van der Waals surface area contributed by atoms with Gasteiger partial charge >= 0.3 is 0 Å². The number of carbonyl (C=O) groups excluding carboxylic acids is 1. The van der Waals surface area contributed by atoms with Crippen LogP contribution < -0.4 is 11.1 Å². The van der Waals surface area contributed by atoms with Crippen molar-refractivity contribution in [1.82, 2.24) is 0 Å². The first-order chi connectivity index (χ1) is 9.67. The Bertz CT molecular complexity index is 699. The first kappa shape index (κ1) is 13.4. The number of carbonyl (C=O) groups is 1. The van der Waals surface area contributed by atoms with E-state index >= 15 is 0 Å². The van der Waals surface area contributed by atoms with E-state index in [1.807, 2.05) is 18.2 Å². The molecule has 0 spiro atoms. The third-order valence-corrected chi connectivity index (χ3v) is 2.60. The van der Waals surface area contributed by atoms with Crippen molar-refractivity contribution in [2.45, 2.75) is 0 Å². The number of rotatable bonds is 3. The molecule has 0 radical (unpaired) electrons. The highest BCUT2D eigenvalue weighted by Crippen LogP contribution is 2.11. The summed E-state index contributed by atoms with van der Waals surface area (Å²) in [5, 5.41) is 11.5. The summed E-state index contributed by atoms with van der Waals surface area (Å²) >= 11 is 0. The normalized spacial score (nSPS) is 10.2. The molecule has 4 heteroatoms. The molecule has 0 aliphatic heterocycles. The molecule has 0 saturated heterocycles. The van der Waals surface area contributed by atoms with Gasteiger partial charge in [-0.1, -0.05) is 18.2 Å². The minimum Gasteiger partial charge on any atom is -0.399 e. The second kappa shape index (κ2) is 6.21. The molecule has 0 saturated carbocycles. The van der Waals surface area contributed by atoms with Gasteiger partial charge in [0.2, 0.25) is 5.91 Å². The van der Waals surface area contributed by atoms with Crippen LogP contribution in [-0.4, -0.2) is 5.91 Å². The van der Waals surface area contributed by atoms with E-state index in [9.17, 15) is 4.79 Å². The van der Waals surface area contributed by atoms with Gasteiger partial charge < -0.3 is 11.1 Å². The van der Waals surface area contributed by atoms with Crippen molar-refractivity contribution in [3.63, 3.8) is 0 Å². The van der Waals surface area contributed by atoms with Gasteiger partial charge in [-0.2, -0.15) is 5.26 Å². The summed E-state index contributed by atoms with van der Waals surface area (Å²) in [6.07, 6.45) is 3.10. The molecule has 0 bridgehead atoms. The van der Waals surface area contributed by atoms with Crippen molar-refractivity contribution in [3.8, 4) is 6.07 Å². The first-order valence-electron chi connectivity index (χ1n) is 6.02. The lowest BCUT2D eigenvalue weighted by Gasteiger charge is -2.02. The molecular formula is C16H13N3O. The van der Waals surface area contributed by atoms with E-state index in [2.05, 4.69) is 5.32 Å². The first-order valence-corrected chi connectivity index (χ1v) is 6.02. The van der Waals surface area contributed by atoms with E-state index < -0.39 is 0 Å². The Morgan fingerprint density at radius 2 is 2.00 bits per heavy atom. The largest absolute Gasteiger partial charge is 0.399 e. The second-order valence-corrected chi connectivity index (χ2v) is 4.19. The van der Waals surface area contributed by atoms with Crippen molar-refractivity contribution < 1.29 is 4.79 Å². The Labute approximate surface area is 117 Å². The van der Waals surface area contributed by atoms with Crippen molar-refractivity contribution >= 4 is 23.4 Å². The topological polar surface area (TPSA) is 78.9 Å². The molecule has 0 aliphatic rings. The number of nitriles is 1. The number of nitrogens with one attached hydrogen (secondary N) is 1. The molecule has 0 unspecified atom stereocenters. The number of anilines is 2. The summed E-state index contributed by atoms with van der Waals surface area (Å²) in [6.45, 7) is 0. The van der Waals surface area contributed by atoms with Gasteiger partial charge in [0.05, 0.1) is 11.6 Å². The van der Waals surface area contributed by atoms with Gasteiger partial charge in [0.1, 0.15) is 0 Å². The maximum Gasteiger partial charge on any atom is 0.248 e. The average molecular weight is 263 g/mol. The highest BCUT2D eigenvalue weighted by Gasteiger charge is 1.99. The monoisotopic (exact) mass is 263 g/mol. The van der Waals surface area contributed by atoms with E-state index in [0.29, 0.717) is 16.9 Å². The number of amides is 1. The Kier molecular flexibility index (Phi) is 4.15. The summed E-state index contributed by atoms with van der Waals surface area (Å²) in [5.74, 6) is -0.262. The maximum absolute atomic E-state index is 11.8. The predicted octanol–water partition coefficient (Wildman–Crippen LogP) is 2.79. The molecule has 0 fully saturated rings. The van der Waals surface area contributed by atoms with Crippen molar-refractivity contribution in [2.75, 3.05) is 11.1 Å². The number of nitrogens with zero attached hydrogens (tertiary/aromatic N) is 1. The molecule has 1 amide bonds. The molecule has 0 aliphatic carbocycles. The van der Waals surface area contributed by atoms with Crippen LogP contribution in [0.4, 0.5) is 11.4 Å². The third kappa shape index (κ3) is 3.72. The zero-order valence-corrected chi connectivity index (χ0v) is 10.7. The second-order valence-electron chi connectivity index (χ2n) is 4.19. The van der Waals surface area contributed by atoms with Crippen molar-refractivity contribution in [1.29, 1.82) is 5.26 Å². The average Bonchev–Trinajstić information content (AvgIpc) is 2.45. The fourth-order valence-electron chi connectivity index (χ4n) is 1.69. The number of nitrogens with two attached hydrogens (primary N) is 1. The molecule has 98 valence electrons. The van der Waals surface area contributed by atoms with Gasteiger partial charge in [0.25, 0.3) is 0 Å². The molecule has 0 heterocycles. The van der Waals surface area contributed by atoms with Crippen LogP contribution >= 0.6 is 0 Å². The van der Waals surface area contributed by atoms with Gasteiger partial charge in [0.15, 0.2) is 0 Å². The van der Waals surface area contributed by atoms with Crippen LogP contribution in [0.2, 0.25) is 0 Å². The smallest absolute Gasteiger partial charge is 0.248 e. The summed E-state index contributed by atoms with van der Waals surface area (Å²) < 4.78 is 0. The Morgan fingerprint density at radius 1 is 1.20 bits per heavy atom. The van der Waals surface area contributed by atoms with Gasteiger partial charge in [-0.05, 0) is 42.0 Å². The van der Waals surface area contributed by atoms with Crippen LogP contribution in [-0.2, 0) is 4.79 Å². The summed E-state index contributed by atoms with van der Waals surface area (Å²) in [5.41, 5.74) is 8.25. The lowest BCUT2D eigenvalue weighted by atomic mass is 10.2. The fraction of sp³-hybridized carbons (Fsp3) is 0. The minimum absolute atomic E-state index is 0.262. The van der Waals surface area contributed by atoms with Crippen LogP contribution in [0, 0.1) is 11.3 Å². The highest BCUT2D eigenvalue weighted by molar-refractivity contribution is 6.02. The van der Waals surface area contributed by atoms with Gasteiger partial charge in [-0.25, -0.2) is 0 Å². The van der Waals surface area contributed by atoms with Gasteiger partial charge in [-0.3, -0.25) is 4.79 Å². The SMILES string of the molecule is N#Cc1cccc(NC(=O)/C=C/c2cccc(N)c2)c1. The highest BCUT2D eigenvalue weighted by atomic mass is 16.1. The maximum atomic E-state index is 11.8. The van der Waals surface area contributed by atoms with E-state index in [4.69, 9.17) is 11.0 Å². The van der Waals surface area contributed by atoms with Crippen LogP contribution in [0.3, 0.4) is 0 Å². The summed E-state index contributed by atoms with van der Waals surface area (Å²) in [4.78, 5) is 11.8. The Morgan fingerprint density at radius 3 is 2.75 bits per heavy atom. The molecule has 2 rings (SSSR count). The molecule has 2 aromatic rings. The van der Waals surface area contributed by atoms with Crippen LogP contribution in [0.5, 0.6) is 0 Å². The van der Waals surface area contributed by atoms with Crippen molar-refractivity contribution in [3.05, 3.63) is 65.7 Å². The molecule has 0 aromatic heterocycles. The van der Waals surface area contributed by atoms with Crippen LogP contribution in [0.1, 0.15) is 11.1 Å². The Balaban J connectivity index is 2.04. The van der Waals surface area contributed by atoms with E-state index in [1.165, 1.54) is 6.08 Å². The van der Waals surface area contributed by atoms with Crippen molar-refractivity contribution in [2.24, 2.45) is 0 Å². The Hall–Kier alpha value is -3.06. The number of benzene rings is 2. The molecular weight excluding hydrogens is 250 g/mol. The number of hydrogen-bond acceptors (Lipinski definition) is 3. The quantitative estimate of drug-likeness (QED) is 0.660. The van der Waals surface area contributed by atoms with Gasteiger partial charge in [-0.15, -0.1) is 0 Å². The van der Waals surface area contributed by atoms with E-state index in [-0.39, 0.29) is 5.91 Å². The molecule has 20 heavy (non-hydrogen) atoms. The van der Waals surface area contributed by atoms with Crippen LogP contribution in [0.15, 0.2) is 54.6 Å². The molecule has 3 N–H and O–H groups in total. The molecule has 0 atom stereocenters. The number of nitrogen functional groups attached to an aromatic ring is 1. The van der Waals surface area contributed by atoms with E-state index in [1.54, 1.807) is 42.5 Å². The minimum atomic E-state index is -0.262. The molecule has 2 aromatic carbocycles. The lowest BCUT2D eigenvalue weighted by Crippen LogP contribution is -2.07. The standard InChI is InChI=1S/C16H13N3O/c17-11-13-4-2-6-15(10-13)19-16(20)8-7-12-3-1-5-14(18)9-12/h1-10H,18H2,(H,19,20)/b8-7+. The fourth-order valence-corrected chi connectivity index (χ4v) is 1.69. The lowest BCUT2D eigenvalue weighted by molar-refractivity contribution is -0.111. The third-order valence-electron chi connectivity index (χ3n) is 2.60. The summed E-state index contributed by atoms with van der Waals surface area (Å²) in [7, 11) is 0. The molecule has 4 nitrogen and oxygen atoms in total. The van der Waals surface area contributed by atoms with Gasteiger partial charge in [0, 0.05) is 17.5 Å². The zero-order valence-electron chi connectivity index (χ0n) is 10.7. The number of hydrogen-bond donors (Lipinski definition) is 2.